The topological polar surface area (TPSA) is 43.1 Å². The molecule has 0 bridgehead atoms. The molecule has 1 aliphatic rings. The molecule has 2 rings (SSSR count). The number of rotatable bonds is 2. The van der Waals surface area contributed by atoms with Crippen molar-refractivity contribution in [2.24, 2.45) is 0 Å². The van der Waals surface area contributed by atoms with Crippen LogP contribution >= 0.6 is 0 Å². The van der Waals surface area contributed by atoms with Crippen LogP contribution in [-0.4, -0.2) is 6.29 Å². The van der Waals surface area contributed by atoms with Crippen LogP contribution in [0.4, 0.5) is 5.69 Å². The highest BCUT2D eigenvalue weighted by atomic mass is 16.1. The predicted molar refractivity (Wildman–Crippen MR) is 47.8 cm³/mol. The van der Waals surface area contributed by atoms with Crippen LogP contribution in [0.5, 0.6) is 0 Å². The number of nitrogen functional groups attached to an aromatic ring is 1. The summed E-state index contributed by atoms with van der Waals surface area (Å²) in [6.07, 6.45) is 2.92. The number of para-hydroxylation sites is 1. The van der Waals surface area contributed by atoms with Gasteiger partial charge in [0, 0.05) is 5.69 Å². The molecule has 1 aliphatic carbocycles. The quantitative estimate of drug-likeness (QED) is 0.527. The first-order valence-electron chi connectivity index (χ1n) is 4.10. The summed E-state index contributed by atoms with van der Waals surface area (Å²) in [6, 6.07) is 7.60. The number of carbonyl (C=O) groups is 1. The standard InChI is InChI=1S/C10H11NO/c11-9-4-2-1-3-8(9)10(7-12)5-6-10/h1-4,7H,5-6,11H2. The highest BCUT2D eigenvalue weighted by Gasteiger charge is 2.45. The second kappa shape index (κ2) is 2.34. The Labute approximate surface area is 71.4 Å². The molecule has 1 aromatic rings. The summed E-state index contributed by atoms with van der Waals surface area (Å²) in [5, 5.41) is 0. The van der Waals surface area contributed by atoms with Gasteiger partial charge in [-0.15, -0.1) is 0 Å². The van der Waals surface area contributed by atoms with Crippen molar-refractivity contribution in [1.29, 1.82) is 0 Å². The van der Waals surface area contributed by atoms with Gasteiger partial charge in [-0.2, -0.15) is 0 Å². The lowest BCUT2D eigenvalue weighted by atomic mass is 9.96. The van der Waals surface area contributed by atoms with E-state index >= 15 is 0 Å². The van der Waals surface area contributed by atoms with E-state index in [1.807, 2.05) is 24.3 Å². The number of carbonyl (C=O) groups excluding carboxylic acids is 1. The van der Waals surface area contributed by atoms with Crippen molar-refractivity contribution in [3.8, 4) is 0 Å². The van der Waals surface area contributed by atoms with E-state index in [0.29, 0.717) is 0 Å². The number of aldehydes is 1. The molecule has 0 aliphatic heterocycles. The Balaban J connectivity index is 2.46. The van der Waals surface area contributed by atoms with Crippen molar-refractivity contribution < 1.29 is 4.79 Å². The van der Waals surface area contributed by atoms with Crippen molar-refractivity contribution in [3.63, 3.8) is 0 Å². The normalized spacial score (nSPS) is 18.7. The molecule has 2 heteroatoms. The highest BCUT2D eigenvalue weighted by molar-refractivity contribution is 5.76. The molecule has 1 aromatic carbocycles. The lowest BCUT2D eigenvalue weighted by Gasteiger charge is -2.09. The van der Waals surface area contributed by atoms with E-state index in [1.165, 1.54) is 0 Å². The van der Waals surface area contributed by atoms with Gasteiger partial charge in [-0.1, -0.05) is 18.2 Å². The zero-order valence-electron chi connectivity index (χ0n) is 6.79. The Morgan fingerprint density at radius 1 is 1.33 bits per heavy atom. The fraction of sp³-hybridized carbons (Fsp3) is 0.300. The van der Waals surface area contributed by atoms with Crippen LogP contribution in [0.25, 0.3) is 0 Å². The maximum absolute atomic E-state index is 10.8. The molecule has 0 amide bonds. The minimum atomic E-state index is -0.231. The third-order valence-corrected chi connectivity index (χ3v) is 2.51. The van der Waals surface area contributed by atoms with Gasteiger partial charge in [0.15, 0.2) is 0 Å². The number of hydrogen-bond donors (Lipinski definition) is 1. The van der Waals surface area contributed by atoms with Crippen LogP contribution in [0.3, 0.4) is 0 Å². The molecule has 62 valence electrons. The van der Waals surface area contributed by atoms with Crippen LogP contribution in [0.2, 0.25) is 0 Å². The Bertz CT molecular complexity index is 315. The van der Waals surface area contributed by atoms with Crippen LogP contribution < -0.4 is 5.73 Å². The van der Waals surface area contributed by atoms with Crippen molar-refractivity contribution in [2.45, 2.75) is 18.3 Å². The molecule has 0 radical (unpaired) electrons. The molecular formula is C10H11NO. The molecule has 1 saturated carbocycles. The Morgan fingerprint density at radius 2 is 2.00 bits per heavy atom. The van der Waals surface area contributed by atoms with Gasteiger partial charge in [-0.05, 0) is 24.5 Å². The summed E-state index contributed by atoms with van der Waals surface area (Å²) >= 11 is 0. The summed E-state index contributed by atoms with van der Waals surface area (Å²) in [6.45, 7) is 0. The van der Waals surface area contributed by atoms with E-state index in [2.05, 4.69) is 0 Å². The molecule has 0 aromatic heterocycles. The Morgan fingerprint density at radius 3 is 2.50 bits per heavy atom. The molecule has 1 fully saturated rings. The summed E-state index contributed by atoms with van der Waals surface area (Å²) < 4.78 is 0. The van der Waals surface area contributed by atoms with Gasteiger partial charge < -0.3 is 10.5 Å². The Kier molecular flexibility index (Phi) is 1.43. The largest absolute Gasteiger partial charge is 0.398 e. The molecule has 0 saturated heterocycles. The smallest absolute Gasteiger partial charge is 0.130 e. The minimum Gasteiger partial charge on any atom is -0.398 e. The van der Waals surface area contributed by atoms with E-state index in [0.717, 1.165) is 30.4 Å². The van der Waals surface area contributed by atoms with Gasteiger partial charge in [0.25, 0.3) is 0 Å². The van der Waals surface area contributed by atoms with Crippen molar-refractivity contribution in [2.75, 3.05) is 5.73 Å². The third-order valence-electron chi connectivity index (χ3n) is 2.51. The number of anilines is 1. The summed E-state index contributed by atoms with van der Waals surface area (Å²) in [5.74, 6) is 0. The maximum atomic E-state index is 10.8. The fourth-order valence-electron chi connectivity index (χ4n) is 1.54. The summed E-state index contributed by atoms with van der Waals surface area (Å²) in [5.41, 5.74) is 7.27. The molecule has 0 spiro atoms. The number of nitrogens with two attached hydrogens (primary N) is 1. The highest BCUT2D eigenvalue weighted by Crippen LogP contribution is 2.48. The lowest BCUT2D eigenvalue weighted by molar-refractivity contribution is -0.109. The van der Waals surface area contributed by atoms with E-state index in [4.69, 9.17) is 5.73 Å². The number of benzene rings is 1. The fourth-order valence-corrected chi connectivity index (χ4v) is 1.54. The van der Waals surface area contributed by atoms with Crippen LogP contribution in [0, 0.1) is 0 Å². The van der Waals surface area contributed by atoms with Crippen molar-refractivity contribution in [3.05, 3.63) is 29.8 Å². The second-order valence-corrected chi connectivity index (χ2v) is 3.36. The first-order chi connectivity index (χ1) is 5.78. The molecule has 2 nitrogen and oxygen atoms in total. The average molecular weight is 161 g/mol. The third kappa shape index (κ3) is 0.916. The molecule has 12 heavy (non-hydrogen) atoms. The van der Waals surface area contributed by atoms with E-state index in [1.54, 1.807) is 0 Å². The van der Waals surface area contributed by atoms with Crippen LogP contribution in [0.15, 0.2) is 24.3 Å². The van der Waals surface area contributed by atoms with Gasteiger partial charge in [0.05, 0.1) is 5.41 Å². The van der Waals surface area contributed by atoms with Gasteiger partial charge in [0.2, 0.25) is 0 Å². The molecule has 0 heterocycles. The van der Waals surface area contributed by atoms with E-state index < -0.39 is 0 Å². The summed E-state index contributed by atoms with van der Waals surface area (Å²) in [4.78, 5) is 10.8. The zero-order valence-corrected chi connectivity index (χ0v) is 6.79. The number of hydrogen-bond acceptors (Lipinski definition) is 2. The zero-order chi connectivity index (χ0) is 8.60. The van der Waals surface area contributed by atoms with E-state index in [-0.39, 0.29) is 5.41 Å². The average Bonchev–Trinajstić information content (AvgIpc) is 2.86. The first kappa shape index (κ1) is 7.35. The molecule has 2 N–H and O–H groups in total. The van der Waals surface area contributed by atoms with E-state index in [9.17, 15) is 4.79 Å². The second-order valence-electron chi connectivity index (χ2n) is 3.36. The lowest BCUT2D eigenvalue weighted by Crippen LogP contribution is -2.10. The van der Waals surface area contributed by atoms with Gasteiger partial charge >= 0.3 is 0 Å². The molecule has 0 unspecified atom stereocenters. The van der Waals surface area contributed by atoms with Crippen molar-refractivity contribution in [1.82, 2.24) is 0 Å². The predicted octanol–water partition coefficient (Wildman–Crippen LogP) is 1.50. The Hall–Kier alpha value is -1.31. The summed E-state index contributed by atoms with van der Waals surface area (Å²) in [7, 11) is 0. The maximum Gasteiger partial charge on any atom is 0.130 e. The van der Waals surface area contributed by atoms with Crippen LogP contribution in [-0.2, 0) is 10.2 Å². The minimum absolute atomic E-state index is 0.231. The van der Waals surface area contributed by atoms with Crippen molar-refractivity contribution >= 4 is 12.0 Å². The first-order valence-corrected chi connectivity index (χ1v) is 4.10. The van der Waals surface area contributed by atoms with Gasteiger partial charge in [-0.25, -0.2) is 0 Å². The van der Waals surface area contributed by atoms with Gasteiger partial charge in [-0.3, -0.25) is 0 Å². The molecule has 0 atom stereocenters. The van der Waals surface area contributed by atoms with Crippen LogP contribution in [0.1, 0.15) is 18.4 Å². The monoisotopic (exact) mass is 161 g/mol. The SMILES string of the molecule is Nc1ccccc1C1(C=O)CC1. The molecular weight excluding hydrogens is 150 g/mol. The van der Waals surface area contributed by atoms with Gasteiger partial charge in [0.1, 0.15) is 6.29 Å².